The fourth-order valence-electron chi connectivity index (χ4n) is 4.09. The van der Waals surface area contributed by atoms with E-state index < -0.39 is 0 Å². The van der Waals surface area contributed by atoms with E-state index in [9.17, 15) is 4.79 Å². The first-order valence-electron chi connectivity index (χ1n) is 12.3. The third-order valence-corrected chi connectivity index (χ3v) is 6.63. The Morgan fingerprint density at radius 1 is 1.08 bits per heavy atom. The van der Waals surface area contributed by atoms with Crippen LogP contribution in [0.5, 0.6) is 11.5 Å². The minimum Gasteiger partial charge on any atom is -0.493 e. The standard InChI is InChI=1S/C26H29N7O4S/c1-35-22-16-21-20(15-23(22)37-10-3-7-33-8-11-36-12-9-33)24(29-17-28-21)30-18-4-2-5-19(14-18)31-25(34)32-26-27-6-13-38-26/h2,4-6,13-17H,3,7-12H2,1H3,(H,28,29,30)(H2,27,31,32,34). The molecule has 2 aromatic heterocycles. The van der Waals surface area contributed by atoms with Crippen molar-refractivity contribution in [3.8, 4) is 11.5 Å². The molecule has 12 heteroatoms. The maximum absolute atomic E-state index is 12.3. The number of carbonyl (C=O) groups is 1. The third kappa shape index (κ3) is 6.65. The number of urea groups is 1. The minimum absolute atomic E-state index is 0.368. The lowest BCUT2D eigenvalue weighted by Crippen LogP contribution is -2.37. The number of benzene rings is 2. The Labute approximate surface area is 224 Å². The molecule has 4 aromatic rings. The summed E-state index contributed by atoms with van der Waals surface area (Å²) in [5.41, 5.74) is 2.09. The summed E-state index contributed by atoms with van der Waals surface area (Å²) in [6.07, 6.45) is 4.03. The quantitative estimate of drug-likeness (QED) is 0.250. The Kier molecular flexibility index (Phi) is 8.43. The summed E-state index contributed by atoms with van der Waals surface area (Å²) in [4.78, 5) is 27.6. The predicted molar refractivity (Wildman–Crippen MR) is 148 cm³/mol. The van der Waals surface area contributed by atoms with Crippen LogP contribution in [-0.4, -0.2) is 72.4 Å². The fourth-order valence-corrected chi connectivity index (χ4v) is 4.61. The van der Waals surface area contributed by atoms with Crippen molar-refractivity contribution in [1.82, 2.24) is 19.9 Å². The van der Waals surface area contributed by atoms with E-state index >= 15 is 0 Å². The number of rotatable bonds is 10. The Hall–Kier alpha value is -4.00. The second-order valence-electron chi connectivity index (χ2n) is 8.52. The number of methoxy groups -OCH3 is 1. The van der Waals surface area contributed by atoms with Crippen molar-refractivity contribution in [2.75, 3.05) is 62.5 Å². The van der Waals surface area contributed by atoms with Crippen LogP contribution in [0.1, 0.15) is 6.42 Å². The number of aromatic nitrogens is 3. The number of ether oxygens (including phenoxy) is 3. The molecule has 5 rings (SSSR count). The summed E-state index contributed by atoms with van der Waals surface area (Å²) in [5.74, 6) is 1.86. The number of morpholine rings is 1. The van der Waals surface area contributed by atoms with Crippen molar-refractivity contribution in [2.24, 2.45) is 0 Å². The first-order chi connectivity index (χ1) is 18.7. The highest BCUT2D eigenvalue weighted by Gasteiger charge is 2.14. The van der Waals surface area contributed by atoms with Gasteiger partial charge in [-0.3, -0.25) is 10.2 Å². The van der Waals surface area contributed by atoms with Crippen molar-refractivity contribution < 1.29 is 19.0 Å². The summed E-state index contributed by atoms with van der Waals surface area (Å²) in [7, 11) is 1.62. The summed E-state index contributed by atoms with van der Waals surface area (Å²) in [6.45, 7) is 5.01. The van der Waals surface area contributed by atoms with E-state index in [1.54, 1.807) is 24.8 Å². The lowest BCUT2D eigenvalue weighted by atomic mass is 10.2. The maximum Gasteiger partial charge on any atom is 0.325 e. The van der Waals surface area contributed by atoms with Crippen molar-refractivity contribution >= 4 is 50.6 Å². The lowest BCUT2D eigenvalue weighted by molar-refractivity contribution is 0.0357. The van der Waals surface area contributed by atoms with Crippen molar-refractivity contribution in [1.29, 1.82) is 0 Å². The molecule has 0 bridgehead atoms. The van der Waals surface area contributed by atoms with Gasteiger partial charge in [-0.2, -0.15) is 0 Å². The number of carbonyl (C=O) groups excluding carboxylic acids is 1. The second kappa shape index (κ2) is 12.5. The van der Waals surface area contributed by atoms with Crippen LogP contribution in [-0.2, 0) is 4.74 Å². The Bertz CT molecular complexity index is 1360. The number of nitrogens with one attached hydrogen (secondary N) is 3. The highest BCUT2D eigenvalue weighted by molar-refractivity contribution is 7.13. The topological polar surface area (TPSA) is 123 Å². The SMILES string of the molecule is COc1cc2ncnc(Nc3cccc(NC(=O)Nc4nccs4)c3)c2cc1OCCCN1CCOCC1. The molecule has 1 aliphatic heterocycles. The van der Waals surface area contributed by atoms with Gasteiger partial charge >= 0.3 is 6.03 Å². The molecular formula is C26H29N7O4S. The molecule has 2 aromatic carbocycles. The van der Waals surface area contributed by atoms with Gasteiger partial charge in [-0.15, -0.1) is 11.3 Å². The lowest BCUT2D eigenvalue weighted by Gasteiger charge is -2.26. The first kappa shape index (κ1) is 25.6. The Morgan fingerprint density at radius 3 is 2.76 bits per heavy atom. The van der Waals surface area contributed by atoms with Crippen molar-refractivity contribution in [2.45, 2.75) is 6.42 Å². The zero-order chi connectivity index (χ0) is 26.2. The number of nitrogens with zero attached hydrogens (tertiary/aromatic N) is 4. The van der Waals surface area contributed by atoms with Gasteiger partial charge in [-0.1, -0.05) is 6.07 Å². The van der Waals surface area contributed by atoms with Crippen LogP contribution < -0.4 is 25.4 Å². The highest BCUT2D eigenvalue weighted by Crippen LogP contribution is 2.35. The molecule has 198 valence electrons. The Morgan fingerprint density at radius 2 is 1.95 bits per heavy atom. The maximum atomic E-state index is 12.3. The van der Waals surface area contributed by atoms with E-state index in [-0.39, 0.29) is 6.03 Å². The second-order valence-corrected chi connectivity index (χ2v) is 9.42. The minimum atomic E-state index is -0.368. The normalized spacial score (nSPS) is 13.7. The van der Waals surface area contributed by atoms with Crippen LogP contribution in [0.2, 0.25) is 0 Å². The van der Waals surface area contributed by atoms with Gasteiger partial charge < -0.3 is 24.8 Å². The molecule has 1 fully saturated rings. The van der Waals surface area contributed by atoms with Crippen LogP contribution in [0.4, 0.5) is 27.1 Å². The average molecular weight is 536 g/mol. The van der Waals surface area contributed by atoms with Gasteiger partial charge in [0.2, 0.25) is 0 Å². The van der Waals surface area contributed by atoms with Gasteiger partial charge in [0.15, 0.2) is 16.6 Å². The fraction of sp³-hybridized carbons (Fsp3) is 0.308. The van der Waals surface area contributed by atoms with Crippen LogP contribution >= 0.6 is 11.3 Å². The molecular weight excluding hydrogens is 506 g/mol. The van der Waals surface area contributed by atoms with E-state index in [1.165, 1.54) is 17.7 Å². The van der Waals surface area contributed by atoms with Crippen LogP contribution in [0.15, 0.2) is 54.3 Å². The molecule has 1 saturated heterocycles. The summed E-state index contributed by atoms with van der Waals surface area (Å²) in [5, 5.41) is 12.0. The highest BCUT2D eigenvalue weighted by atomic mass is 32.1. The zero-order valence-electron chi connectivity index (χ0n) is 21.0. The monoisotopic (exact) mass is 535 g/mol. The summed E-state index contributed by atoms with van der Waals surface area (Å²) < 4.78 is 17.1. The van der Waals surface area contributed by atoms with Gasteiger partial charge in [0, 0.05) is 54.0 Å². The Balaban J connectivity index is 1.27. The number of amides is 2. The van der Waals surface area contributed by atoms with Crippen molar-refractivity contribution in [3.05, 3.63) is 54.3 Å². The molecule has 3 heterocycles. The van der Waals surface area contributed by atoms with Crippen LogP contribution in [0.25, 0.3) is 10.9 Å². The summed E-state index contributed by atoms with van der Waals surface area (Å²) in [6, 6.07) is 10.7. The molecule has 11 nitrogen and oxygen atoms in total. The molecule has 0 unspecified atom stereocenters. The van der Waals surface area contributed by atoms with Gasteiger partial charge in [-0.05, 0) is 30.7 Å². The van der Waals surface area contributed by atoms with E-state index in [1.807, 2.05) is 30.3 Å². The number of hydrogen-bond donors (Lipinski definition) is 3. The molecule has 0 aliphatic carbocycles. The van der Waals surface area contributed by atoms with Crippen LogP contribution in [0.3, 0.4) is 0 Å². The molecule has 38 heavy (non-hydrogen) atoms. The largest absolute Gasteiger partial charge is 0.493 e. The molecule has 3 N–H and O–H groups in total. The predicted octanol–water partition coefficient (Wildman–Crippen LogP) is 4.58. The molecule has 0 saturated carbocycles. The average Bonchev–Trinajstić information content (AvgIpc) is 3.44. The molecule has 0 spiro atoms. The van der Waals surface area contributed by atoms with E-state index in [0.717, 1.165) is 55.9 Å². The number of anilines is 4. The van der Waals surface area contributed by atoms with Gasteiger partial charge in [0.05, 0.1) is 32.4 Å². The first-order valence-corrected chi connectivity index (χ1v) is 13.2. The van der Waals surface area contributed by atoms with Crippen molar-refractivity contribution in [3.63, 3.8) is 0 Å². The van der Waals surface area contributed by atoms with E-state index in [4.69, 9.17) is 14.2 Å². The molecule has 0 atom stereocenters. The molecule has 2 amide bonds. The summed E-state index contributed by atoms with van der Waals surface area (Å²) >= 11 is 1.35. The molecule has 0 radical (unpaired) electrons. The number of fused-ring (bicyclic) bond motifs is 1. The van der Waals surface area contributed by atoms with E-state index in [2.05, 4.69) is 35.8 Å². The van der Waals surface area contributed by atoms with Gasteiger partial charge in [0.25, 0.3) is 0 Å². The third-order valence-electron chi connectivity index (χ3n) is 5.94. The zero-order valence-corrected chi connectivity index (χ0v) is 21.8. The molecule has 1 aliphatic rings. The van der Waals surface area contributed by atoms with Crippen LogP contribution in [0, 0.1) is 0 Å². The smallest absolute Gasteiger partial charge is 0.325 e. The number of hydrogen-bond acceptors (Lipinski definition) is 10. The van der Waals surface area contributed by atoms with Gasteiger partial charge in [-0.25, -0.2) is 19.7 Å². The van der Waals surface area contributed by atoms with Gasteiger partial charge in [0.1, 0.15) is 12.1 Å². The number of thiazole rings is 1. The van der Waals surface area contributed by atoms with E-state index in [0.29, 0.717) is 34.7 Å².